The van der Waals surface area contributed by atoms with Crippen LogP contribution in [0, 0.1) is 11.8 Å². The zero-order valence-electron chi connectivity index (χ0n) is 16.0. The molecule has 0 saturated heterocycles. The lowest BCUT2D eigenvalue weighted by Crippen LogP contribution is -2.47. The highest BCUT2D eigenvalue weighted by Gasteiger charge is 2.45. The zero-order valence-corrected chi connectivity index (χ0v) is 19.1. The van der Waals surface area contributed by atoms with E-state index >= 15 is 0 Å². The lowest BCUT2D eigenvalue weighted by Gasteiger charge is -2.40. The van der Waals surface area contributed by atoms with Gasteiger partial charge >= 0.3 is 5.97 Å². The van der Waals surface area contributed by atoms with Crippen LogP contribution in [0.4, 0.5) is 0 Å². The van der Waals surface area contributed by atoms with E-state index in [-0.39, 0.29) is 16.6 Å². The molecule has 0 aliphatic heterocycles. The van der Waals surface area contributed by atoms with Crippen molar-refractivity contribution in [1.82, 2.24) is 0 Å². The van der Waals surface area contributed by atoms with Crippen molar-refractivity contribution in [1.29, 1.82) is 0 Å². The molecule has 0 N–H and O–H groups in total. The van der Waals surface area contributed by atoms with Crippen molar-refractivity contribution in [2.24, 2.45) is 11.8 Å². The Balaban J connectivity index is 3.56. The van der Waals surface area contributed by atoms with Crippen molar-refractivity contribution in [3.05, 3.63) is 33.3 Å². The van der Waals surface area contributed by atoms with Gasteiger partial charge in [0.1, 0.15) is 0 Å². The molecule has 0 saturated carbocycles. The monoisotopic (exact) mass is 450 g/mol. The third-order valence-corrected chi connectivity index (χ3v) is 7.96. The molecule has 0 heterocycles. The molecule has 3 atom stereocenters. The van der Waals surface area contributed by atoms with E-state index in [4.69, 9.17) is 16.3 Å². The Labute approximate surface area is 167 Å². The van der Waals surface area contributed by atoms with Gasteiger partial charge in [0.25, 0.3) is 0 Å². The molecule has 1 aromatic carbocycles. The molecule has 1 rings (SSSR count). The molecule has 1 unspecified atom stereocenters. The van der Waals surface area contributed by atoms with E-state index in [1.807, 2.05) is 59.7 Å². The number of halogens is 2. The van der Waals surface area contributed by atoms with Crippen LogP contribution < -0.4 is 0 Å². The third-order valence-electron chi connectivity index (χ3n) is 4.50. The van der Waals surface area contributed by atoms with Gasteiger partial charge in [0, 0.05) is 31.2 Å². The average molecular weight is 452 g/mol. The fourth-order valence-corrected chi connectivity index (χ4v) is 4.84. The van der Waals surface area contributed by atoms with Crippen LogP contribution in [-0.4, -0.2) is 27.8 Å². The van der Waals surface area contributed by atoms with Crippen molar-refractivity contribution in [2.75, 3.05) is 12.9 Å². The second-order valence-electron chi connectivity index (χ2n) is 7.89. The topological polar surface area (TPSA) is 43.4 Å². The molecule has 0 radical (unpaired) electrons. The number of ether oxygens (including phenoxy) is 1. The Kier molecular flexibility index (Phi) is 7.73. The minimum atomic E-state index is -1.14. The molecule has 0 spiro atoms. The highest BCUT2D eigenvalue weighted by molar-refractivity contribution is 9.10. The third kappa shape index (κ3) is 5.30. The van der Waals surface area contributed by atoms with Gasteiger partial charge in [0.2, 0.25) is 0 Å². The molecule has 0 aliphatic rings. The first-order valence-electron chi connectivity index (χ1n) is 8.26. The summed E-state index contributed by atoms with van der Waals surface area (Å²) in [7, 11) is 0.259. The summed E-state index contributed by atoms with van der Waals surface area (Å²) in [6.07, 6.45) is 0. The van der Waals surface area contributed by atoms with E-state index in [1.54, 1.807) is 0 Å². The Bertz CT molecular complexity index is 655. The second-order valence-corrected chi connectivity index (χ2v) is 11.4. The van der Waals surface area contributed by atoms with Gasteiger partial charge in [0.15, 0.2) is 0 Å². The average Bonchev–Trinajstić information content (AvgIpc) is 2.48. The van der Waals surface area contributed by atoms with Crippen LogP contribution in [0.2, 0.25) is 5.02 Å². The highest BCUT2D eigenvalue weighted by atomic mass is 79.9. The number of rotatable bonds is 6. The second kappa shape index (κ2) is 8.53. The standard InChI is InChI=1S/C19H28BrClO3S/c1-12(2)16(17(22)24-7)19(6,11-25(23)18(3,4)5)13-8-9-14(20)15(21)10-13/h8-10,12,16H,11H2,1-7H3/t16?,19-,25+/m0/s1. The predicted octanol–water partition coefficient (Wildman–Crippen LogP) is 5.35. The molecule has 0 bridgehead atoms. The SMILES string of the molecule is COC(=O)C(C(C)C)[C@@](C)(C[S@@](=O)C(C)(C)C)c1ccc(Br)c(Cl)c1. The molecule has 25 heavy (non-hydrogen) atoms. The van der Waals surface area contributed by atoms with E-state index in [9.17, 15) is 9.00 Å². The maximum Gasteiger partial charge on any atom is 0.309 e. The van der Waals surface area contributed by atoms with Gasteiger partial charge in [-0.3, -0.25) is 9.00 Å². The summed E-state index contributed by atoms with van der Waals surface area (Å²) in [6.45, 7) is 11.8. The van der Waals surface area contributed by atoms with Crippen LogP contribution >= 0.6 is 27.5 Å². The van der Waals surface area contributed by atoms with Gasteiger partial charge in [0.05, 0.1) is 18.1 Å². The molecular weight excluding hydrogens is 424 g/mol. The summed E-state index contributed by atoms with van der Waals surface area (Å²) in [6, 6.07) is 5.66. The zero-order chi connectivity index (χ0) is 19.6. The summed E-state index contributed by atoms with van der Waals surface area (Å²) in [5.74, 6) is -0.341. The Hall–Kier alpha value is -0.390. The summed E-state index contributed by atoms with van der Waals surface area (Å²) in [5, 5.41) is 0.567. The molecule has 3 nitrogen and oxygen atoms in total. The van der Waals surface area contributed by atoms with E-state index < -0.39 is 22.1 Å². The molecule has 0 fully saturated rings. The van der Waals surface area contributed by atoms with Crippen molar-refractivity contribution in [3.8, 4) is 0 Å². The van der Waals surface area contributed by atoms with E-state index in [0.29, 0.717) is 10.8 Å². The molecule has 142 valence electrons. The number of methoxy groups -OCH3 is 1. The first kappa shape index (κ1) is 22.7. The van der Waals surface area contributed by atoms with Crippen molar-refractivity contribution in [2.45, 2.75) is 51.7 Å². The van der Waals surface area contributed by atoms with Crippen molar-refractivity contribution < 1.29 is 13.7 Å². The van der Waals surface area contributed by atoms with Gasteiger partial charge in [-0.2, -0.15) is 0 Å². The van der Waals surface area contributed by atoms with Gasteiger partial charge in [-0.05, 0) is 60.3 Å². The van der Waals surface area contributed by atoms with Crippen molar-refractivity contribution >= 4 is 44.3 Å². The highest BCUT2D eigenvalue weighted by Crippen LogP contribution is 2.41. The summed E-state index contributed by atoms with van der Waals surface area (Å²) < 4.78 is 18.5. The van der Waals surface area contributed by atoms with Crippen molar-refractivity contribution in [3.63, 3.8) is 0 Å². The van der Waals surface area contributed by atoms with E-state index in [0.717, 1.165) is 10.0 Å². The van der Waals surface area contributed by atoms with Crippen LogP contribution in [0.25, 0.3) is 0 Å². The molecule has 1 aromatic rings. The van der Waals surface area contributed by atoms with Crippen LogP contribution in [0.5, 0.6) is 0 Å². The first-order valence-corrected chi connectivity index (χ1v) is 10.8. The molecule has 0 aliphatic carbocycles. The summed E-state index contributed by atoms with van der Waals surface area (Å²) >= 11 is 9.71. The van der Waals surface area contributed by atoms with Gasteiger partial charge in [-0.25, -0.2) is 0 Å². The predicted molar refractivity (Wildman–Crippen MR) is 110 cm³/mol. The number of carbonyl (C=O) groups excluding carboxylic acids is 1. The van der Waals surface area contributed by atoms with Gasteiger partial charge in [-0.15, -0.1) is 0 Å². The van der Waals surface area contributed by atoms with Crippen LogP contribution in [-0.2, 0) is 25.7 Å². The lowest BCUT2D eigenvalue weighted by atomic mass is 9.68. The lowest BCUT2D eigenvalue weighted by molar-refractivity contribution is -0.149. The number of hydrogen-bond donors (Lipinski definition) is 0. The normalized spacial score (nSPS) is 17.0. The minimum absolute atomic E-state index is 0.0249. The first-order chi connectivity index (χ1) is 11.3. The fourth-order valence-electron chi connectivity index (χ4n) is 3.09. The van der Waals surface area contributed by atoms with E-state index in [2.05, 4.69) is 15.9 Å². The number of esters is 1. The molecule has 6 heteroatoms. The van der Waals surface area contributed by atoms with Crippen LogP contribution in [0.1, 0.15) is 47.1 Å². The Morgan fingerprint density at radius 3 is 2.24 bits per heavy atom. The summed E-state index contributed by atoms with van der Waals surface area (Å²) in [5.41, 5.74) is 0.228. The minimum Gasteiger partial charge on any atom is -0.469 e. The van der Waals surface area contributed by atoms with E-state index in [1.165, 1.54) is 7.11 Å². The maximum absolute atomic E-state index is 13.0. The largest absolute Gasteiger partial charge is 0.469 e. The molecular formula is C19H28BrClO3S. The number of carbonyl (C=O) groups is 1. The molecule has 0 aromatic heterocycles. The summed E-state index contributed by atoms with van der Waals surface area (Å²) in [4.78, 5) is 12.6. The smallest absolute Gasteiger partial charge is 0.309 e. The Morgan fingerprint density at radius 1 is 1.28 bits per heavy atom. The fraction of sp³-hybridized carbons (Fsp3) is 0.632. The number of benzene rings is 1. The van der Waals surface area contributed by atoms with Gasteiger partial charge < -0.3 is 4.74 Å². The van der Waals surface area contributed by atoms with Crippen LogP contribution in [0.15, 0.2) is 22.7 Å². The quantitative estimate of drug-likeness (QED) is 0.547. The number of hydrogen-bond acceptors (Lipinski definition) is 3. The molecule has 0 amide bonds. The maximum atomic E-state index is 13.0. The van der Waals surface area contributed by atoms with Crippen LogP contribution in [0.3, 0.4) is 0 Å². The Morgan fingerprint density at radius 2 is 1.84 bits per heavy atom. The van der Waals surface area contributed by atoms with Gasteiger partial charge in [-0.1, -0.05) is 38.4 Å².